The minimum atomic E-state index is 0.116. The molecule has 0 aliphatic heterocycles. The summed E-state index contributed by atoms with van der Waals surface area (Å²) < 4.78 is 0. The minimum absolute atomic E-state index is 0.116. The highest BCUT2D eigenvalue weighted by molar-refractivity contribution is 5.78. The average molecular weight is 198 g/mol. The molecule has 1 saturated carbocycles. The third-order valence-electron chi connectivity index (χ3n) is 2.61. The van der Waals surface area contributed by atoms with Gasteiger partial charge in [0.15, 0.2) is 0 Å². The largest absolute Gasteiger partial charge is 0.353 e. The molecule has 1 fully saturated rings. The second-order valence-corrected chi connectivity index (χ2v) is 4.44. The van der Waals surface area contributed by atoms with Crippen LogP contribution in [0.5, 0.6) is 0 Å². The molecule has 0 aromatic heterocycles. The highest BCUT2D eigenvalue weighted by atomic mass is 16.1. The molecular weight excluding hydrogens is 176 g/mol. The van der Waals surface area contributed by atoms with Crippen molar-refractivity contribution in [3.05, 3.63) is 0 Å². The monoisotopic (exact) mass is 198 g/mol. The van der Waals surface area contributed by atoms with Crippen LogP contribution in [-0.4, -0.2) is 24.5 Å². The van der Waals surface area contributed by atoms with Gasteiger partial charge in [0.05, 0.1) is 6.54 Å². The lowest BCUT2D eigenvalue weighted by atomic mass is 9.95. The molecule has 14 heavy (non-hydrogen) atoms. The molecule has 0 aromatic carbocycles. The molecule has 0 bridgehead atoms. The Hall–Kier alpha value is -0.570. The summed E-state index contributed by atoms with van der Waals surface area (Å²) in [5.41, 5.74) is 0. The van der Waals surface area contributed by atoms with Crippen LogP contribution < -0.4 is 10.6 Å². The van der Waals surface area contributed by atoms with E-state index in [1.165, 1.54) is 32.1 Å². The Labute approximate surface area is 86.6 Å². The van der Waals surface area contributed by atoms with Crippen molar-refractivity contribution in [2.75, 3.05) is 6.54 Å². The van der Waals surface area contributed by atoms with E-state index < -0.39 is 0 Å². The third kappa shape index (κ3) is 4.61. The Morgan fingerprint density at radius 2 is 1.93 bits per heavy atom. The van der Waals surface area contributed by atoms with Gasteiger partial charge in [-0.3, -0.25) is 4.79 Å². The quantitative estimate of drug-likeness (QED) is 0.717. The maximum atomic E-state index is 11.3. The smallest absolute Gasteiger partial charge is 0.234 e. The summed E-state index contributed by atoms with van der Waals surface area (Å²) >= 11 is 0. The van der Waals surface area contributed by atoms with E-state index in [4.69, 9.17) is 0 Å². The van der Waals surface area contributed by atoms with Gasteiger partial charge in [0.2, 0.25) is 5.91 Å². The van der Waals surface area contributed by atoms with E-state index in [1.54, 1.807) is 0 Å². The zero-order valence-corrected chi connectivity index (χ0v) is 9.31. The van der Waals surface area contributed by atoms with E-state index in [0.29, 0.717) is 12.6 Å². The van der Waals surface area contributed by atoms with Crippen molar-refractivity contribution in [3.63, 3.8) is 0 Å². The SMILES string of the molecule is CC(C)NC(=O)CNC1CCCCC1. The van der Waals surface area contributed by atoms with Gasteiger partial charge >= 0.3 is 0 Å². The molecule has 82 valence electrons. The van der Waals surface area contributed by atoms with Gasteiger partial charge < -0.3 is 10.6 Å². The lowest BCUT2D eigenvalue weighted by Crippen LogP contribution is -2.42. The van der Waals surface area contributed by atoms with Crippen LogP contribution in [0.3, 0.4) is 0 Å². The maximum absolute atomic E-state index is 11.3. The van der Waals surface area contributed by atoms with Crippen LogP contribution in [0.15, 0.2) is 0 Å². The number of carbonyl (C=O) groups is 1. The van der Waals surface area contributed by atoms with Crippen LogP contribution in [0.1, 0.15) is 46.0 Å². The summed E-state index contributed by atoms with van der Waals surface area (Å²) in [7, 11) is 0. The summed E-state index contributed by atoms with van der Waals surface area (Å²) in [6.07, 6.45) is 6.44. The predicted molar refractivity (Wildman–Crippen MR) is 58.2 cm³/mol. The van der Waals surface area contributed by atoms with Crippen molar-refractivity contribution in [1.29, 1.82) is 0 Å². The van der Waals surface area contributed by atoms with Gasteiger partial charge in [0.1, 0.15) is 0 Å². The molecule has 0 saturated heterocycles. The zero-order valence-electron chi connectivity index (χ0n) is 9.31. The topological polar surface area (TPSA) is 41.1 Å². The van der Waals surface area contributed by atoms with Crippen molar-refractivity contribution in [2.45, 2.75) is 58.0 Å². The number of rotatable bonds is 4. The Bertz CT molecular complexity index is 174. The molecule has 2 N–H and O–H groups in total. The van der Waals surface area contributed by atoms with E-state index in [1.807, 2.05) is 13.8 Å². The summed E-state index contributed by atoms with van der Waals surface area (Å²) in [6.45, 7) is 4.44. The fourth-order valence-corrected chi connectivity index (χ4v) is 1.92. The van der Waals surface area contributed by atoms with Crippen LogP contribution in [0.2, 0.25) is 0 Å². The first-order chi connectivity index (χ1) is 6.68. The number of amides is 1. The first-order valence-electron chi connectivity index (χ1n) is 5.71. The molecule has 0 aromatic rings. The van der Waals surface area contributed by atoms with Gasteiger partial charge in [0.25, 0.3) is 0 Å². The molecule has 1 aliphatic rings. The number of hydrogen-bond acceptors (Lipinski definition) is 2. The average Bonchev–Trinajstić information content (AvgIpc) is 2.15. The third-order valence-corrected chi connectivity index (χ3v) is 2.61. The minimum Gasteiger partial charge on any atom is -0.353 e. The van der Waals surface area contributed by atoms with Gasteiger partial charge in [-0.15, -0.1) is 0 Å². The van der Waals surface area contributed by atoms with E-state index >= 15 is 0 Å². The number of nitrogens with one attached hydrogen (secondary N) is 2. The van der Waals surface area contributed by atoms with Gasteiger partial charge in [-0.2, -0.15) is 0 Å². The molecule has 0 unspecified atom stereocenters. The van der Waals surface area contributed by atoms with E-state index in [9.17, 15) is 4.79 Å². The Kier molecular flexibility index (Phi) is 4.94. The fraction of sp³-hybridized carbons (Fsp3) is 0.909. The van der Waals surface area contributed by atoms with Crippen molar-refractivity contribution >= 4 is 5.91 Å². The molecular formula is C11H22N2O. The van der Waals surface area contributed by atoms with Crippen LogP contribution in [0.25, 0.3) is 0 Å². The summed E-state index contributed by atoms with van der Waals surface area (Å²) in [5.74, 6) is 0.116. The number of carbonyl (C=O) groups excluding carboxylic acids is 1. The Morgan fingerprint density at radius 1 is 1.29 bits per heavy atom. The molecule has 1 rings (SSSR count). The molecule has 0 atom stereocenters. The highest BCUT2D eigenvalue weighted by Gasteiger charge is 2.13. The second-order valence-electron chi connectivity index (χ2n) is 4.44. The molecule has 3 nitrogen and oxygen atoms in total. The molecule has 1 amide bonds. The van der Waals surface area contributed by atoms with Gasteiger partial charge in [-0.05, 0) is 26.7 Å². The van der Waals surface area contributed by atoms with Gasteiger partial charge in [-0.25, -0.2) is 0 Å². The van der Waals surface area contributed by atoms with Gasteiger partial charge in [-0.1, -0.05) is 19.3 Å². The molecule has 3 heteroatoms. The summed E-state index contributed by atoms with van der Waals surface area (Å²) in [4.78, 5) is 11.3. The van der Waals surface area contributed by atoms with Crippen LogP contribution in [0, 0.1) is 0 Å². The highest BCUT2D eigenvalue weighted by Crippen LogP contribution is 2.16. The van der Waals surface area contributed by atoms with E-state index in [2.05, 4.69) is 10.6 Å². The van der Waals surface area contributed by atoms with Crippen molar-refractivity contribution in [3.8, 4) is 0 Å². The van der Waals surface area contributed by atoms with E-state index in [0.717, 1.165) is 0 Å². The van der Waals surface area contributed by atoms with Crippen molar-refractivity contribution < 1.29 is 4.79 Å². The lowest BCUT2D eigenvalue weighted by molar-refractivity contribution is -0.120. The zero-order chi connectivity index (χ0) is 10.4. The predicted octanol–water partition coefficient (Wildman–Crippen LogP) is 1.43. The standard InChI is InChI=1S/C11H22N2O/c1-9(2)13-11(14)8-12-10-6-4-3-5-7-10/h9-10,12H,3-8H2,1-2H3,(H,13,14). The normalized spacial score (nSPS) is 18.5. The lowest BCUT2D eigenvalue weighted by Gasteiger charge is -2.22. The fourth-order valence-electron chi connectivity index (χ4n) is 1.92. The second kappa shape index (κ2) is 6.02. The van der Waals surface area contributed by atoms with Crippen LogP contribution >= 0.6 is 0 Å². The van der Waals surface area contributed by atoms with Crippen molar-refractivity contribution in [2.24, 2.45) is 0 Å². The molecule has 0 heterocycles. The maximum Gasteiger partial charge on any atom is 0.234 e. The first-order valence-corrected chi connectivity index (χ1v) is 5.71. The summed E-state index contributed by atoms with van der Waals surface area (Å²) in [6, 6.07) is 0.817. The van der Waals surface area contributed by atoms with Crippen molar-refractivity contribution in [1.82, 2.24) is 10.6 Å². The molecule has 1 aliphatic carbocycles. The molecule has 0 radical (unpaired) electrons. The first kappa shape index (κ1) is 11.5. The number of hydrogen-bond donors (Lipinski definition) is 2. The summed E-state index contributed by atoms with van der Waals surface area (Å²) in [5, 5.41) is 6.20. The Balaban J connectivity index is 2.09. The van der Waals surface area contributed by atoms with Crippen LogP contribution in [-0.2, 0) is 4.79 Å². The van der Waals surface area contributed by atoms with E-state index in [-0.39, 0.29) is 11.9 Å². The van der Waals surface area contributed by atoms with Crippen LogP contribution in [0.4, 0.5) is 0 Å². The Morgan fingerprint density at radius 3 is 2.50 bits per heavy atom. The molecule has 0 spiro atoms. The van der Waals surface area contributed by atoms with Gasteiger partial charge in [0, 0.05) is 12.1 Å².